The maximum absolute atomic E-state index is 5.42. The summed E-state index contributed by atoms with van der Waals surface area (Å²) in [4.78, 5) is 0. The molecule has 0 heterocycles. The van der Waals surface area contributed by atoms with E-state index in [1.807, 2.05) is 20.8 Å². The highest BCUT2D eigenvalue weighted by molar-refractivity contribution is 4.49. The molecule has 0 aliphatic carbocycles. The quantitative estimate of drug-likeness (QED) is 0.592. The van der Waals surface area contributed by atoms with Gasteiger partial charge >= 0.3 is 0 Å². The molecule has 0 saturated carbocycles. The highest BCUT2D eigenvalue weighted by Gasteiger charge is 1.94. The van der Waals surface area contributed by atoms with Gasteiger partial charge in [-0.25, -0.2) is 0 Å². The Kier molecular flexibility index (Phi) is 3.83. The lowest BCUT2D eigenvalue weighted by atomic mass is 10.4. The van der Waals surface area contributed by atoms with Crippen molar-refractivity contribution >= 4 is 0 Å². The van der Waals surface area contributed by atoms with Gasteiger partial charge in [-0.15, -0.1) is 0 Å². The number of hydrogen-bond acceptors (Lipinski definition) is 2. The van der Waals surface area contributed by atoms with Gasteiger partial charge in [-0.05, 0) is 20.8 Å². The topological polar surface area (TPSA) is 35.2 Å². The molecule has 0 bridgehead atoms. The van der Waals surface area contributed by atoms with Crippen LogP contribution in [0.4, 0.5) is 0 Å². The molecule has 0 rings (SSSR count). The van der Waals surface area contributed by atoms with Gasteiger partial charge in [0.1, 0.15) is 0 Å². The van der Waals surface area contributed by atoms with Crippen LogP contribution in [0.15, 0.2) is 0 Å². The normalized spacial score (nSPS) is 14.6. The van der Waals surface area contributed by atoms with Gasteiger partial charge in [0, 0.05) is 6.04 Å². The van der Waals surface area contributed by atoms with E-state index in [0.717, 1.165) is 0 Å². The number of ether oxygens (including phenoxy) is 1. The molecule has 0 aromatic heterocycles. The standard InChI is InChI=1S/C6H15NO/c1-5(2)8-4-6(3)7/h5-6H,4,7H2,1-3H3/t6-/m0/s1. The second-order valence-corrected chi connectivity index (χ2v) is 2.36. The molecule has 0 radical (unpaired) electrons. The van der Waals surface area contributed by atoms with Gasteiger partial charge in [-0.1, -0.05) is 0 Å². The van der Waals surface area contributed by atoms with Crippen molar-refractivity contribution in [2.45, 2.75) is 32.9 Å². The summed E-state index contributed by atoms with van der Waals surface area (Å²) in [5, 5.41) is 0. The van der Waals surface area contributed by atoms with E-state index in [1.165, 1.54) is 0 Å². The summed E-state index contributed by atoms with van der Waals surface area (Å²) in [5.41, 5.74) is 5.42. The monoisotopic (exact) mass is 117 g/mol. The molecule has 0 spiro atoms. The Bertz CT molecular complexity index is 44.5. The third-order valence-corrected chi connectivity index (χ3v) is 0.692. The van der Waals surface area contributed by atoms with Gasteiger partial charge < -0.3 is 10.5 Å². The average Bonchev–Trinajstić information content (AvgIpc) is 1.61. The molecule has 8 heavy (non-hydrogen) atoms. The minimum Gasteiger partial charge on any atom is -0.377 e. The van der Waals surface area contributed by atoms with Gasteiger partial charge in [0.2, 0.25) is 0 Å². The lowest BCUT2D eigenvalue weighted by molar-refractivity contribution is 0.0712. The zero-order valence-electron chi connectivity index (χ0n) is 5.85. The Morgan fingerprint density at radius 2 is 1.88 bits per heavy atom. The van der Waals surface area contributed by atoms with E-state index in [4.69, 9.17) is 10.5 Å². The van der Waals surface area contributed by atoms with Gasteiger partial charge in [-0.3, -0.25) is 0 Å². The molecule has 2 N–H and O–H groups in total. The zero-order valence-corrected chi connectivity index (χ0v) is 5.85. The Balaban J connectivity index is 2.93. The van der Waals surface area contributed by atoms with E-state index >= 15 is 0 Å². The van der Waals surface area contributed by atoms with E-state index in [1.54, 1.807) is 0 Å². The molecular weight excluding hydrogens is 102 g/mol. The molecule has 2 nitrogen and oxygen atoms in total. The fourth-order valence-electron chi connectivity index (χ4n) is 0.344. The van der Waals surface area contributed by atoms with Crippen LogP contribution in [0.3, 0.4) is 0 Å². The lowest BCUT2D eigenvalue weighted by Gasteiger charge is -2.08. The summed E-state index contributed by atoms with van der Waals surface area (Å²) in [5.74, 6) is 0. The van der Waals surface area contributed by atoms with Crippen LogP contribution < -0.4 is 5.73 Å². The Morgan fingerprint density at radius 1 is 1.38 bits per heavy atom. The lowest BCUT2D eigenvalue weighted by Crippen LogP contribution is -2.23. The predicted octanol–water partition coefficient (Wildman–Crippen LogP) is 0.759. The molecule has 50 valence electrons. The minimum absolute atomic E-state index is 0.164. The smallest absolute Gasteiger partial charge is 0.0618 e. The molecule has 1 atom stereocenters. The second kappa shape index (κ2) is 3.87. The first-order valence-electron chi connectivity index (χ1n) is 3.00. The van der Waals surface area contributed by atoms with Crippen molar-refractivity contribution in [1.29, 1.82) is 0 Å². The van der Waals surface area contributed by atoms with E-state index in [2.05, 4.69) is 0 Å². The van der Waals surface area contributed by atoms with Crippen LogP contribution in [0.1, 0.15) is 20.8 Å². The van der Waals surface area contributed by atoms with Gasteiger partial charge in [0.25, 0.3) is 0 Å². The molecular formula is C6H15NO. The van der Waals surface area contributed by atoms with Crippen LogP contribution in [0.25, 0.3) is 0 Å². The molecule has 0 aliphatic rings. The van der Waals surface area contributed by atoms with Crippen molar-refractivity contribution in [3.63, 3.8) is 0 Å². The third-order valence-electron chi connectivity index (χ3n) is 0.692. The van der Waals surface area contributed by atoms with Crippen molar-refractivity contribution in [3.8, 4) is 0 Å². The van der Waals surface area contributed by atoms with Gasteiger partial charge in [0.15, 0.2) is 0 Å². The molecule has 2 heteroatoms. The summed E-state index contributed by atoms with van der Waals surface area (Å²) < 4.78 is 5.18. The second-order valence-electron chi connectivity index (χ2n) is 2.36. The largest absolute Gasteiger partial charge is 0.377 e. The first kappa shape index (κ1) is 7.92. The van der Waals surface area contributed by atoms with Crippen LogP contribution in [0.2, 0.25) is 0 Å². The van der Waals surface area contributed by atoms with E-state index in [-0.39, 0.29) is 6.04 Å². The maximum Gasteiger partial charge on any atom is 0.0618 e. The fraction of sp³-hybridized carbons (Fsp3) is 1.00. The molecule has 0 unspecified atom stereocenters. The summed E-state index contributed by atoms with van der Waals surface area (Å²) in [6.07, 6.45) is 0.306. The molecule has 0 aromatic carbocycles. The highest BCUT2D eigenvalue weighted by Crippen LogP contribution is 1.87. The molecule has 0 aromatic rings. The number of hydrogen-bond donors (Lipinski definition) is 1. The van der Waals surface area contributed by atoms with Crippen molar-refractivity contribution in [2.24, 2.45) is 5.73 Å². The molecule has 0 amide bonds. The van der Waals surface area contributed by atoms with Crippen LogP contribution in [-0.2, 0) is 4.74 Å². The van der Waals surface area contributed by atoms with E-state index in [0.29, 0.717) is 12.7 Å². The summed E-state index contributed by atoms with van der Waals surface area (Å²) in [6, 6.07) is 0.164. The van der Waals surface area contributed by atoms with Crippen molar-refractivity contribution in [2.75, 3.05) is 6.61 Å². The van der Waals surface area contributed by atoms with Crippen LogP contribution in [0, 0.1) is 0 Å². The Labute approximate surface area is 51.0 Å². The summed E-state index contributed by atoms with van der Waals surface area (Å²) in [7, 11) is 0. The number of nitrogens with two attached hydrogens (primary N) is 1. The fourth-order valence-corrected chi connectivity index (χ4v) is 0.344. The van der Waals surface area contributed by atoms with Crippen molar-refractivity contribution in [1.82, 2.24) is 0 Å². The van der Waals surface area contributed by atoms with E-state index < -0.39 is 0 Å². The first-order valence-corrected chi connectivity index (χ1v) is 3.00. The number of rotatable bonds is 3. The minimum atomic E-state index is 0.164. The summed E-state index contributed by atoms with van der Waals surface area (Å²) in [6.45, 7) is 6.60. The Morgan fingerprint density at radius 3 is 2.00 bits per heavy atom. The van der Waals surface area contributed by atoms with E-state index in [9.17, 15) is 0 Å². The van der Waals surface area contributed by atoms with Crippen LogP contribution in [-0.4, -0.2) is 18.8 Å². The van der Waals surface area contributed by atoms with Crippen LogP contribution in [0.5, 0.6) is 0 Å². The zero-order chi connectivity index (χ0) is 6.57. The molecule has 0 aliphatic heterocycles. The molecule has 0 saturated heterocycles. The van der Waals surface area contributed by atoms with Crippen LogP contribution >= 0.6 is 0 Å². The van der Waals surface area contributed by atoms with Crippen molar-refractivity contribution in [3.05, 3.63) is 0 Å². The molecule has 0 fully saturated rings. The maximum atomic E-state index is 5.42. The first-order chi connectivity index (χ1) is 3.63. The van der Waals surface area contributed by atoms with Gasteiger partial charge in [-0.2, -0.15) is 0 Å². The average molecular weight is 117 g/mol. The highest BCUT2D eigenvalue weighted by atomic mass is 16.5. The third kappa shape index (κ3) is 5.92. The van der Waals surface area contributed by atoms with Gasteiger partial charge in [0.05, 0.1) is 12.7 Å². The van der Waals surface area contributed by atoms with Crippen molar-refractivity contribution < 1.29 is 4.74 Å². The Hall–Kier alpha value is -0.0800. The predicted molar refractivity (Wildman–Crippen MR) is 34.7 cm³/mol. The summed E-state index contributed by atoms with van der Waals surface area (Å²) >= 11 is 0. The SMILES string of the molecule is CC(C)OC[C@H](C)N.